The fraction of sp³-hybridized carbons (Fsp3) is 0.208. The Morgan fingerprint density at radius 2 is 1.50 bits per heavy atom. The van der Waals surface area contributed by atoms with Crippen molar-refractivity contribution in [3.05, 3.63) is 77.9 Å². The maximum atomic E-state index is 13.0. The number of para-hydroxylation sites is 1. The first-order valence-electron chi connectivity index (χ1n) is 9.46. The number of methoxy groups -OCH3 is 3. The lowest BCUT2D eigenvalue weighted by Crippen LogP contribution is -2.07. The van der Waals surface area contributed by atoms with Gasteiger partial charge in [-0.2, -0.15) is 0 Å². The third-order valence-electron chi connectivity index (χ3n) is 4.71. The minimum atomic E-state index is -0.198. The molecule has 0 spiro atoms. The SMILES string of the molecule is COc1cc(C(CC(=O)c2ccccc2)Sc2ccccc2N)cc(OC)c1OC. The average Bonchev–Trinajstić information content (AvgIpc) is 2.79. The van der Waals surface area contributed by atoms with Gasteiger partial charge in [0.2, 0.25) is 5.75 Å². The molecule has 0 amide bonds. The molecule has 0 fully saturated rings. The Hall–Kier alpha value is -3.12. The summed E-state index contributed by atoms with van der Waals surface area (Å²) < 4.78 is 16.5. The average molecular weight is 424 g/mol. The molecule has 0 saturated carbocycles. The Morgan fingerprint density at radius 1 is 0.900 bits per heavy atom. The van der Waals surface area contributed by atoms with Crippen molar-refractivity contribution in [2.75, 3.05) is 27.1 Å². The summed E-state index contributed by atoms with van der Waals surface area (Å²) in [4.78, 5) is 13.9. The molecule has 0 saturated heterocycles. The molecule has 3 aromatic rings. The van der Waals surface area contributed by atoms with E-state index in [1.807, 2.05) is 66.7 Å². The van der Waals surface area contributed by atoms with Crippen LogP contribution in [0, 0.1) is 0 Å². The zero-order valence-corrected chi connectivity index (χ0v) is 18.1. The fourth-order valence-corrected chi connectivity index (χ4v) is 4.34. The van der Waals surface area contributed by atoms with Gasteiger partial charge in [-0.3, -0.25) is 4.79 Å². The molecule has 0 aromatic heterocycles. The molecule has 3 aromatic carbocycles. The number of thioether (sulfide) groups is 1. The second-order valence-electron chi connectivity index (χ2n) is 6.60. The molecule has 156 valence electrons. The van der Waals surface area contributed by atoms with Crippen LogP contribution in [0.4, 0.5) is 5.69 Å². The number of benzene rings is 3. The number of ketones is 1. The predicted molar refractivity (Wildman–Crippen MR) is 121 cm³/mol. The Kier molecular flexibility index (Phi) is 7.25. The first kappa shape index (κ1) is 21.6. The zero-order valence-electron chi connectivity index (χ0n) is 17.3. The van der Waals surface area contributed by atoms with E-state index in [9.17, 15) is 4.79 Å². The van der Waals surface area contributed by atoms with E-state index in [4.69, 9.17) is 19.9 Å². The minimum absolute atomic E-state index is 0.0522. The van der Waals surface area contributed by atoms with Crippen molar-refractivity contribution in [3.8, 4) is 17.2 Å². The molecule has 0 bridgehead atoms. The Labute approximate surface area is 181 Å². The maximum absolute atomic E-state index is 13.0. The third-order valence-corrected chi connectivity index (χ3v) is 6.06. The minimum Gasteiger partial charge on any atom is -0.493 e. The monoisotopic (exact) mass is 423 g/mol. The van der Waals surface area contributed by atoms with Crippen molar-refractivity contribution in [3.63, 3.8) is 0 Å². The van der Waals surface area contributed by atoms with Crippen molar-refractivity contribution in [2.45, 2.75) is 16.6 Å². The van der Waals surface area contributed by atoms with Gasteiger partial charge in [0.1, 0.15) is 0 Å². The van der Waals surface area contributed by atoms with Gasteiger partial charge in [-0.25, -0.2) is 0 Å². The summed E-state index contributed by atoms with van der Waals surface area (Å²) in [6, 6.07) is 20.7. The van der Waals surface area contributed by atoms with Crippen LogP contribution in [0.5, 0.6) is 17.2 Å². The molecule has 0 aliphatic rings. The van der Waals surface area contributed by atoms with Crippen molar-refractivity contribution < 1.29 is 19.0 Å². The largest absolute Gasteiger partial charge is 0.493 e. The van der Waals surface area contributed by atoms with E-state index in [1.54, 1.807) is 33.1 Å². The number of nitrogen functional groups attached to an aromatic ring is 1. The van der Waals surface area contributed by atoms with Crippen LogP contribution in [0.25, 0.3) is 0 Å². The van der Waals surface area contributed by atoms with Crippen LogP contribution >= 0.6 is 11.8 Å². The molecule has 0 heterocycles. The van der Waals surface area contributed by atoms with Crippen molar-refractivity contribution >= 4 is 23.2 Å². The number of carbonyl (C=O) groups is 1. The number of hydrogen-bond acceptors (Lipinski definition) is 6. The van der Waals surface area contributed by atoms with Gasteiger partial charge in [-0.05, 0) is 29.8 Å². The van der Waals surface area contributed by atoms with Gasteiger partial charge in [0.05, 0.1) is 21.3 Å². The first-order chi connectivity index (χ1) is 14.6. The number of anilines is 1. The van der Waals surface area contributed by atoms with Crippen LogP contribution in [0.3, 0.4) is 0 Å². The van der Waals surface area contributed by atoms with Gasteiger partial charge < -0.3 is 19.9 Å². The number of Topliss-reactive ketones (excluding diaryl/α,β-unsaturated/α-hetero) is 1. The summed E-state index contributed by atoms with van der Waals surface area (Å²) in [7, 11) is 4.72. The molecule has 5 nitrogen and oxygen atoms in total. The number of ether oxygens (including phenoxy) is 3. The smallest absolute Gasteiger partial charge is 0.203 e. The normalized spacial score (nSPS) is 11.6. The van der Waals surface area contributed by atoms with Gasteiger partial charge in [-0.1, -0.05) is 42.5 Å². The quantitative estimate of drug-likeness (QED) is 0.282. The third kappa shape index (κ3) is 4.89. The molecule has 1 unspecified atom stereocenters. The van der Waals surface area contributed by atoms with E-state index in [2.05, 4.69) is 0 Å². The number of carbonyl (C=O) groups excluding carboxylic acids is 1. The van der Waals surface area contributed by atoms with Crippen molar-refractivity contribution in [1.29, 1.82) is 0 Å². The molecular weight excluding hydrogens is 398 g/mol. The highest BCUT2D eigenvalue weighted by atomic mass is 32.2. The predicted octanol–water partition coefficient (Wildman–Crippen LogP) is 5.40. The fourth-order valence-electron chi connectivity index (χ4n) is 3.17. The summed E-state index contributed by atoms with van der Waals surface area (Å²) in [5.74, 6) is 1.66. The van der Waals surface area contributed by atoms with Gasteiger partial charge in [0, 0.05) is 27.8 Å². The van der Waals surface area contributed by atoms with E-state index in [1.165, 1.54) is 0 Å². The van der Waals surface area contributed by atoms with E-state index in [0.717, 1.165) is 10.5 Å². The van der Waals surface area contributed by atoms with Gasteiger partial charge in [0.15, 0.2) is 17.3 Å². The van der Waals surface area contributed by atoms with Crippen LogP contribution < -0.4 is 19.9 Å². The number of hydrogen-bond donors (Lipinski definition) is 1. The van der Waals surface area contributed by atoms with Crippen LogP contribution in [-0.2, 0) is 0 Å². The lowest BCUT2D eigenvalue weighted by atomic mass is 10.0. The van der Waals surface area contributed by atoms with Crippen LogP contribution in [0.2, 0.25) is 0 Å². The summed E-state index contributed by atoms with van der Waals surface area (Å²) >= 11 is 1.55. The molecule has 6 heteroatoms. The maximum Gasteiger partial charge on any atom is 0.203 e. The van der Waals surface area contributed by atoms with Crippen molar-refractivity contribution in [1.82, 2.24) is 0 Å². The lowest BCUT2D eigenvalue weighted by molar-refractivity contribution is 0.0982. The van der Waals surface area contributed by atoms with Crippen molar-refractivity contribution in [2.24, 2.45) is 0 Å². The summed E-state index contributed by atoms with van der Waals surface area (Å²) in [5.41, 5.74) is 8.41. The molecule has 3 rings (SSSR count). The van der Waals surface area contributed by atoms with Gasteiger partial charge >= 0.3 is 0 Å². The van der Waals surface area contributed by atoms with Crippen LogP contribution in [0.15, 0.2) is 71.6 Å². The molecule has 2 N–H and O–H groups in total. The standard InChI is InChI=1S/C24H25NO4S/c1-27-20-13-17(14-21(28-2)24(20)29-3)23(30-22-12-8-7-11-18(22)25)15-19(26)16-9-5-4-6-10-16/h4-14,23H,15,25H2,1-3H3. The summed E-state index contributed by atoms with van der Waals surface area (Å²) in [5, 5.41) is -0.198. The second-order valence-corrected chi connectivity index (χ2v) is 7.84. The summed E-state index contributed by atoms with van der Waals surface area (Å²) in [6.07, 6.45) is 0.293. The summed E-state index contributed by atoms with van der Waals surface area (Å²) in [6.45, 7) is 0. The van der Waals surface area contributed by atoms with Gasteiger partial charge in [0.25, 0.3) is 0 Å². The van der Waals surface area contributed by atoms with Crippen LogP contribution in [0.1, 0.15) is 27.6 Å². The number of nitrogens with two attached hydrogens (primary N) is 1. The lowest BCUT2D eigenvalue weighted by Gasteiger charge is -2.21. The second kappa shape index (κ2) is 10.1. The molecule has 0 aliphatic heterocycles. The van der Waals surface area contributed by atoms with E-state index in [0.29, 0.717) is 34.9 Å². The molecule has 30 heavy (non-hydrogen) atoms. The van der Waals surface area contributed by atoms with E-state index < -0.39 is 0 Å². The van der Waals surface area contributed by atoms with E-state index in [-0.39, 0.29) is 11.0 Å². The Balaban J connectivity index is 2.02. The topological polar surface area (TPSA) is 70.8 Å². The Morgan fingerprint density at radius 3 is 2.07 bits per heavy atom. The highest BCUT2D eigenvalue weighted by Crippen LogP contribution is 2.46. The van der Waals surface area contributed by atoms with E-state index >= 15 is 0 Å². The van der Waals surface area contributed by atoms with Gasteiger partial charge in [-0.15, -0.1) is 11.8 Å². The molecule has 0 aliphatic carbocycles. The molecule has 0 radical (unpaired) electrons. The highest BCUT2D eigenvalue weighted by molar-refractivity contribution is 7.99. The zero-order chi connectivity index (χ0) is 21.5. The number of rotatable bonds is 9. The molecular formula is C24H25NO4S. The van der Waals surface area contributed by atoms with Crippen LogP contribution in [-0.4, -0.2) is 27.1 Å². The molecule has 1 atom stereocenters. The highest BCUT2D eigenvalue weighted by Gasteiger charge is 2.23. The first-order valence-corrected chi connectivity index (χ1v) is 10.3. The Bertz CT molecular complexity index is 982.